The van der Waals surface area contributed by atoms with Crippen LogP contribution < -0.4 is 5.11 Å². The normalized spacial score (nSPS) is 12.7. The molecule has 9 nitrogen and oxygen atoms in total. The van der Waals surface area contributed by atoms with Gasteiger partial charge in [-0.3, -0.25) is 9.59 Å². The van der Waals surface area contributed by atoms with Crippen LogP contribution in [0.1, 0.15) is 296 Å². The van der Waals surface area contributed by atoms with Gasteiger partial charge in [0.05, 0.1) is 40.3 Å². The minimum absolute atomic E-state index is 0.153. The summed E-state index contributed by atoms with van der Waals surface area (Å²) in [6.07, 6.45) is 53.1. The number of hydrogen-bond donors (Lipinski definition) is 0. The van der Waals surface area contributed by atoms with Gasteiger partial charge in [0.15, 0.2) is 12.4 Å². The van der Waals surface area contributed by atoms with E-state index in [1.807, 2.05) is 21.1 Å². The van der Waals surface area contributed by atoms with Gasteiger partial charge in [0.1, 0.15) is 13.2 Å². The molecule has 2 atom stereocenters. The Morgan fingerprint density at radius 3 is 0.955 bits per heavy atom. The fourth-order valence-corrected chi connectivity index (χ4v) is 8.83. The highest BCUT2D eigenvalue weighted by molar-refractivity contribution is 5.70. The van der Waals surface area contributed by atoms with Gasteiger partial charge in [0.25, 0.3) is 0 Å². The molecule has 2 unspecified atom stereocenters. The van der Waals surface area contributed by atoms with Crippen LogP contribution in [0, 0.1) is 0 Å². The number of rotatable bonds is 55. The molecule has 0 amide bonds. The number of quaternary nitrogens is 1. The lowest BCUT2D eigenvalue weighted by atomic mass is 10.0. The number of hydrogen-bond acceptors (Lipinski definition) is 8. The van der Waals surface area contributed by atoms with Crippen molar-refractivity contribution in [1.29, 1.82) is 0 Å². The zero-order chi connectivity index (χ0) is 49.2. The highest BCUT2D eigenvalue weighted by atomic mass is 16.7. The summed E-state index contributed by atoms with van der Waals surface area (Å²) in [5.74, 6) is -2.26. The third-order valence-electron chi connectivity index (χ3n) is 13.4. The van der Waals surface area contributed by atoms with Crippen LogP contribution in [0.3, 0.4) is 0 Å². The van der Waals surface area contributed by atoms with E-state index >= 15 is 0 Å². The molecular formula is C58H113NO8. The molecule has 0 aliphatic rings. The van der Waals surface area contributed by atoms with Crippen molar-refractivity contribution >= 4 is 17.9 Å². The standard InChI is InChI=1S/C58H113NO8/c1-6-8-10-12-14-16-18-20-21-22-23-24-25-26-27-28-29-30-31-32-33-34-35-36-37-39-41-43-45-47-49-56(61)67-54(53-66-58(57(62)63)64-51-50-59(3,4)5)52-65-55(60)48-46-44-42-40-38-19-17-15-13-11-9-7-2/h54,58H,6-53H2,1-5H3. The third kappa shape index (κ3) is 52.0. The van der Waals surface area contributed by atoms with Crippen molar-refractivity contribution in [2.45, 2.75) is 309 Å². The molecule has 0 heterocycles. The van der Waals surface area contributed by atoms with Crippen LogP contribution in [0.5, 0.6) is 0 Å². The maximum Gasteiger partial charge on any atom is 0.306 e. The lowest BCUT2D eigenvalue weighted by Gasteiger charge is -2.26. The summed E-state index contributed by atoms with van der Waals surface area (Å²) in [4.78, 5) is 37.1. The Morgan fingerprint density at radius 1 is 0.388 bits per heavy atom. The summed E-state index contributed by atoms with van der Waals surface area (Å²) in [7, 11) is 5.93. The van der Waals surface area contributed by atoms with Gasteiger partial charge in [0.2, 0.25) is 0 Å². The number of unbranched alkanes of at least 4 members (excludes halogenated alkanes) is 40. The van der Waals surface area contributed by atoms with Crippen LogP contribution >= 0.6 is 0 Å². The molecule has 0 aromatic carbocycles. The Labute approximate surface area is 415 Å². The minimum Gasteiger partial charge on any atom is -0.545 e. The van der Waals surface area contributed by atoms with Crippen molar-refractivity contribution in [1.82, 2.24) is 0 Å². The van der Waals surface area contributed by atoms with E-state index in [2.05, 4.69) is 13.8 Å². The predicted octanol–water partition coefficient (Wildman–Crippen LogP) is 15.5. The first kappa shape index (κ1) is 65.3. The zero-order valence-corrected chi connectivity index (χ0v) is 45.3. The number of nitrogens with zero attached hydrogens (tertiary/aromatic N) is 1. The molecule has 0 saturated heterocycles. The smallest absolute Gasteiger partial charge is 0.306 e. The van der Waals surface area contributed by atoms with Gasteiger partial charge < -0.3 is 33.3 Å². The van der Waals surface area contributed by atoms with Crippen molar-refractivity contribution < 1.29 is 42.9 Å². The molecule has 0 aliphatic heterocycles. The number of esters is 2. The minimum atomic E-state index is -1.61. The number of likely N-dealkylation sites (N-methyl/N-ethyl adjacent to an activating group) is 1. The van der Waals surface area contributed by atoms with Crippen molar-refractivity contribution in [2.75, 3.05) is 47.5 Å². The molecule has 0 N–H and O–H groups in total. The molecule has 0 aromatic heterocycles. The fraction of sp³-hybridized carbons (Fsp3) is 0.948. The molecule has 0 aliphatic carbocycles. The first-order valence-electron chi connectivity index (χ1n) is 29.2. The van der Waals surface area contributed by atoms with Gasteiger partial charge in [-0.05, 0) is 12.8 Å². The molecule has 0 rings (SSSR count). The largest absolute Gasteiger partial charge is 0.545 e. The first-order valence-corrected chi connectivity index (χ1v) is 29.2. The molecule has 398 valence electrons. The van der Waals surface area contributed by atoms with Crippen LogP contribution in [0.25, 0.3) is 0 Å². The zero-order valence-electron chi connectivity index (χ0n) is 45.3. The number of carboxylic acids is 1. The van der Waals surface area contributed by atoms with Gasteiger partial charge >= 0.3 is 11.9 Å². The summed E-state index contributed by atoms with van der Waals surface area (Å²) in [5.41, 5.74) is 0. The predicted molar refractivity (Wildman–Crippen MR) is 279 cm³/mol. The van der Waals surface area contributed by atoms with Gasteiger partial charge in [-0.2, -0.15) is 0 Å². The van der Waals surface area contributed by atoms with Crippen LogP contribution in [-0.4, -0.2) is 82.3 Å². The summed E-state index contributed by atoms with van der Waals surface area (Å²) in [6.45, 7) is 4.80. The monoisotopic (exact) mass is 952 g/mol. The van der Waals surface area contributed by atoms with Crippen molar-refractivity contribution in [3.8, 4) is 0 Å². The van der Waals surface area contributed by atoms with Gasteiger partial charge in [-0.15, -0.1) is 0 Å². The van der Waals surface area contributed by atoms with Gasteiger partial charge in [-0.1, -0.05) is 271 Å². The first-order chi connectivity index (χ1) is 32.6. The van der Waals surface area contributed by atoms with E-state index < -0.39 is 24.3 Å². The van der Waals surface area contributed by atoms with Crippen LogP contribution in [0.15, 0.2) is 0 Å². The Morgan fingerprint density at radius 2 is 0.672 bits per heavy atom. The molecule has 9 heteroatoms. The quantitative estimate of drug-likeness (QED) is 0.0256. The number of carbonyl (C=O) groups excluding carboxylic acids is 3. The van der Waals surface area contributed by atoms with E-state index in [1.165, 1.54) is 231 Å². The Hall–Kier alpha value is -1.71. The van der Waals surface area contributed by atoms with Crippen molar-refractivity contribution in [3.05, 3.63) is 0 Å². The molecule has 67 heavy (non-hydrogen) atoms. The van der Waals surface area contributed by atoms with E-state index in [-0.39, 0.29) is 32.2 Å². The van der Waals surface area contributed by atoms with E-state index in [9.17, 15) is 19.5 Å². The number of ether oxygens (including phenoxy) is 4. The maximum absolute atomic E-state index is 12.8. The Balaban J connectivity index is 4.04. The van der Waals surface area contributed by atoms with E-state index in [1.54, 1.807) is 0 Å². The Bertz CT molecular complexity index is 1060. The molecule has 0 fully saturated rings. The van der Waals surface area contributed by atoms with Crippen molar-refractivity contribution in [3.63, 3.8) is 0 Å². The molecule has 0 spiro atoms. The average Bonchev–Trinajstić information content (AvgIpc) is 3.29. The SMILES string of the molecule is CCCCCCCCCCCCCCCCCCCCCCCCCCCCCCCCC(=O)OC(COC(=O)CCCCCCCCCCCCCC)COC(OCC[N+](C)(C)C)C(=O)[O-]. The van der Waals surface area contributed by atoms with E-state index in [0.29, 0.717) is 17.4 Å². The highest BCUT2D eigenvalue weighted by Gasteiger charge is 2.22. The summed E-state index contributed by atoms with van der Waals surface area (Å²) >= 11 is 0. The number of carboxylic acid groups (broad SMARTS) is 1. The molecular weight excluding hydrogens is 839 g/mol. The third-order valence-corrected chi connectivity index (χ3v) is 13.4. The average molecular weight is 953 g/mol. The van der Waals surface area contributed by atoms with Crippen LogP contribution in [-0.2, 0) is 33.3 Å². The lowest BCUT2D eigenvalue weighted by Crippen LogP contribution is -2.44. The number of carbonyl (C=O) groups is 3. The lowest BCUT2D eigenvalue weighted by molar-refractivity contribution is -0.870. The maximum atomic E-state index is 12.8. The van der Waals surface area contributed by atoms with E-state index in [0.717, 1.165) is 38.5 Å². The van der Waals surface area contributed by atoms with Gasteiger partial charge in [0, 0.05) is 12.8 Å². The topological polar surface area (TPSA) is 111 Å². The number of aliphatic carboxylic acids is 1. The second-order valence-corrected chi connectivity index (χ2v) is 21.3. The molecule has 0 saturated carbocycles. The fourth-order valence-electron chi connectivity index (χ4n) is 8.83. The van der Waals surface area contributed by atoms with Crippen LogP contribution in [0.4, 0.5) is 0 Å². The summed E-state index contributed by atoms with van der Waals surface area (Å²) in [6, 6.07) is 0. The Kier molecular flexibility index (Phi) is 49.4. The van der Waals surface area contributed by atoms with Crippen molar-refractivity contribution in [2.24, 2.45) is 0 Å². The second kappa shape index (κ2) is 50.7. The summed E-state index contributed by atoms with van der Waals surface area (Å²) < 4.78 is 22.7. The molecule has 0 bridgehead atoms. The van der Waals surface area contributed by atoms with Gasteiger partial charge in [-0.25, -0.2) is 0 Å². The second-order valence-electron chi connectivity index (χ2n) is 21.3. The van der Waals surface area contributed by atoms with Crippen LogP contribution in [0.2, 0.25) is 0 Å². The summed E-state index contributed by atoms with van der Waals surface area (Å²) in [5, 5.41) is 11.7. The highest BCUT2D eigenvalue weighted by Crippen LogP contribution is 2.18. The molecule has 0 aromatic rings. The van der Waals surface area contributed by atoms with E-state index in [4.69, 9.17) is 18.9 Å². The molecule has 0 radical (unpaired) electrons.